The van der Waals surface area contributed by atoms with Gasteiger partial charge in [0.05, 0.1) is 5.92 Å². The van der Waals surface area contributed by atoms with Gasteiger partial charge in [-0.25, -0.2) is 0 Å². The van der Waals surface area contributed by atoms with E-state index in [9.17, 15) is 4.79 Å². The molecule has 3 unspecified atom stereocenters. The molecule has 1 saturated heterocycles. The molecular weight excluding hydrogens is 226 g/mol. The summed E-state index contributed by atoms with van der Waals surface area (Å²) in [4.78, 5) is 14.3. The average molecular weight is 253 g/mol. The number of nitrogens with two attached hydrogens (primary N) is 1. The minimum atomic E-state index is 0.166. The van der Waals surface area contributed by atoms with E-state index in [4.69, 9.17) is 5.73 Å². The Balaban J connectivity index is 1.96. The lowest BCUT2D eigenvalue weighted by Crippen LogP contribution is -2.52. The molecule has 2 rings (SSSR count). The van der Waals surface area contributed by atoms with E-state index in [0.29, 0.717) is 12.1 Å². The number of carbonyl (C=O) groups is 1. The molecule has 2 fully saturated rings. The molecule has 0 aromatic heterocycles. The van der Waals surface area contributed by atoms with E-state index >= 15 is 0 Å². The van der Waals surface area contributed by atoms with Crippen molar-refractivity contribution in [3.63, 3.8) is 0 Å². The van der Waals surface area contributed by atoms with Gasteiger partial charge in [0.2, 0.25) is 5.91 Å². The molecular formula is C14H27N3O. The highest BCUT2D eigenvalue weighted by molar-refractivity contribution is 5.78. The van der Waals surface area contributed by atoms with Gasteiger partial charge in [-0.1, -0.05) is 19.3 Å². The lowest BCUT2D eigenvalue weighted by molar-refractivity contribution is -0.126. The van der Waals surface area contributed by atoms with Crippen LogP contribution in [0.3, 0.4) is 0 Å². The van der Waals surface area contributed by atoms with Crippen molar-refractivity contribution in [2.24, 2.45) is 11.7 Å². The molecule has 1 heterocycles. The first kappa shape index (κ1) is 13.8. The maximum atomic E-state index is 11.8. The summed E-state index contributed by atoms with van der Waals surface area (Å²) in [5.74, 6) is 0.362. The second-order valence-corrected chi connectivity index (χ2v) is 5.82. The number of carbonyl (C=O) groups excluding carboxylic acids is 1. The smallest absolute Gasteiger partial charge is 0.224 e. The van der Waals surface area contributed by atoms with Crippen LogP contribution in [0.1, 0.15) is 44.9 Å². The molecule has 0 radical (unpaired) electrons. The van der Waals surface area contributed by atoms with Crippen LogP contribution in [0.5, 0.6) is 0 Å². The van der Waals surface area contributed by atoms with Crippen molar-refractivity contribution in [1.82, 2.24) is 10.2 Å². The molecule has 4 heteroatoms. The van der Waals surface area contributed by atoms with Gasteiger partial charge in [0, 0.05) is 25.7 Å². The Labute approximate surface area is 110 Å². The fraction of sp³-hybridized carbons (Fsp3) is 0.929. The molecule has 1 aliphatic carbocycles. The summed E-state index contributed by atoms with van der Waals surface area (Å²) in [5.41, 5.74) is 6.32. The minimum absolute atomic E-state index is 0.166. The highest BCUT2D eigenvalue weighted by Crippen LogP contribution is 2.26. The number of nitrogens with zero attached hydrogens (tertiary/aromatic N) is 1. The first-order chi connectivity index (χ1) is 8.72. The first-order valence-electron chi connectivity index (χ1n) is 7.43. The third-order valence-corrected chi connectivity index (χ3v) is 4.57. The van der Waals surface area contributed by atoms with Gasteiger partial charge in [-0.05, 0) is 32.2 Å². The number of hydrogen-bond donors (Lipinski definition) is 2. The Morgan fingerprint density at radius 1 is 1.17 bits per heavy atom. The fourth-order valence-corrected chi connectivity index (χ4v) is 3.50. The zero-order valence-corrected chi connectivity index (χ0v) is 11.5. The largest absolute Gasteiger partial charge is 0.359 e. The molecule has 2 aliphatic rings. The molecule has 1 saturated carbocycles. The highest BCUT2D eigenvalue weighted by Gasteiger charge is 2.32. The Bertz CT molecular complexity index is 282. The number of nitrogens with one attached hydrogen (secondary N) is 1. The summed E-state index contributed by atoms with van der Waals surface area (Å²) in [6.45, 7) is 2.02. The van der Waals surface area contributed by atoms with Gasteiger partial charge in [0.1, 0.15) is 0 Å². The zero-order chi connectivity index (χ0) is 13.0. The van der Waals surface area contributed by atoms with Crippen LogP contribution >= 0.6 is 0 Å². The summed E-state index contributed by atoms with van der Waals surface area (Å²) in [7, 11) is 1.73. The van der Waals surface area contributed by atoms with Gasteiger partial charge in [-0.3, -0.25) is 9.69 Å². The predicted molar refractivity (Wildman–Crippen MR) is 73.2 cm³/mol. The molecule has 18 heavy (non-hydrogen) atoms. The lowest BCUT2D eigenvalue weighted by atomic mass is 9.93. The fourth-order valence-electron chi connectivity index (χ4n) is 3.50. The SMILES string of the molecule is CNC(=O)C1CCCN(C2CCCCCC2N)C1. The highest BCUT2D eigenvalue weighted by atomic mass is 16.1. The number of piperidine rings is 1. The number of rotatable bonds is 2. The van der Waals surface area contributed by atoms with Gasteiger partial charge in [0.15, 0.2) is 0 Å². The van der Waals surface area contributed by atoms with Crippen LogP contribution in [0, 0.1) is 5.92 Å². The summed E-state index contributed by atoms with van der Waals surface area (Å²) >= 11 is 0. The van der Waals surface area contributed by atoms with Crippen molar-refractivity contribution in [2.45, 2.75) is 57.0 Å². The monoisotopic (exact) mass is 253 g/mol. The zero-order valence-electron chi connectivity index (χ0n) is 11.5. The molecule has 0 bridgehead atoms. The first-order valence-corrected chi connectivity index (χ1v) is 7.43. The van der Waals surface area contributed by atoms with E-state index in [-0.39, 0.29) is 11.8 Å². The number of hydrogen-bond acceptors (Lipinski definition) is 3. The van der Waals surface area contributed by atoms with E-state index in [1.54, 1.807) is 7.05 Å². The van der Waals surface area contributed by atoms with Gasteiger partial charge >= 0.3 is 0 Å². The summed E-state index contributed by atoms with van der Waals surface area (Å²) in [6, 6.07) is 0.802. The summed E-state index contributed by atoms with van der Waals surface area (Å²) in [6.07, 6.45) is 8.38. The number of likely N-dealkylation sites (tertiary alicyclic amines) is 1. The normalized spacial score (nSPS) is 34.9. The van der Waals surface area contributed by atoms with Crippen molar-refractivity contribution < 1.29 is 4.79 Å². The molecule has 1 amide bonds. The Morgan fingerprint density at radius 3 is 2.72 bits per heavy atom. The van der Waals surface area contributed by atoms with Crippen molar-refractivity contribution in [3.8, 4) is 0 Å². The Kier molecular flexibility index (Phi) is 5.01. The van der Waals surface area contributed by atoms with E-state index < -0.39 is 0 Å². The van der Waals surface area contributed by atoms with E-state index in [0.717, 1.165) is 32.4 Å². The van der Waals surface area contributed by atoms with Crippen molar-refractivity contribution in [3.05, 3.63) is 0 Å². The molecule has 0 aromatic carbocycles. The van der Waals surface area contributed by atoms with Crippen molar-refractivity contribution in [1.29, 1.82) is 0 Å². The van der Waals surface area contributed by atoms with Crippen LogP contribution in [0.4, 0.5) is 0 Å². The maximum Gasteiger partial charge on any atom is 0.224 e. The van der Waals surface area contributed by atoms with Crippen LogP contribution < -0.4 is 11.1 Å². The van der Waals surface area contributed by atoms with Crippen LogP contribution in [0.15, 0.2) is 0 Å². The third-order valence-electron chi connectivity index (χ3n) is 4.57. The van der Waals surface area contributed by atoms with Crippen LogP contribution in [-0.4, -0.2) is 43.0 Å². The quantitative estimate of drug-likeness (QED) is 0.725. The summed E-state index contributed by atoms with van der Waals surface area (Å²) < 4.78 is 0. The molecule has 1 aliphatic heterocycles. The average Bonchev–Trinajstić information content (AvgIpc) is 2.62. The van der Waals surface area contributed by atoms with Gasteiger partial charge < -0.3 is 11.1 Å². The Hall–Kier alpha value is -0.610. The van der Waals surface area contributed by atoms with Crippen LogP contribution in [0.25, 0.3) is 0 Å². The van der Waals surface area contributed by atoms with Crippen molar-refractivity contribution in [2.75, 3.05) is 20.1 Å². The predicted octanol–water partition coefficient (Wildman–Crippen LogP) is 1.10. The maximum absolute atomic E-state index is 11.8. The van der Waals surface area contributed by atoms with Gasteiger partial charge in [-0.15, -0.1) is 0 Å². The van der Waals surface area contributed by atoms with Gasteiger partial charge in [0.25, 0.3) is 0 Å². The van der Waals surface area contributed by atoms with E-state index in [1.165, 1.54) is 25.7 Å². The van der Waals surface area contributed by atoms with Gasteiger partial charge in [-0.2, -0.15) is 0 Å². The molecule has 104 valence electrons. The van der Waals surface area contributed by atoms with Crippen molar-refractivity contribution >= 4 is 5.91 Å². The topological polar surface area (TPSA) is 58.4 Å². The minimum Gasteiger partial charge on any atom is -0.359 e. The Morgan fingerprint density at radius 2 is 1.94 bits per heavy atom. The molecule has 3 N–H and O–H groups in total. The molecule has 0 spiro atoms. The van der Waals surface area contributed by atoms with Crippen LogP contribution in [0.2, 0.25) is 0 Å². The lowest BCUT2D eigenvalue weighted by Gasteiger charge is -2.39. The second-order valence-electron chi connectivity index (χ2n) is 5.82. The molecule has 3 atom stereocenters. The standard InChI is InChI=1S/C14H27N3O/c1-16-14(18)11-6-5-9-17(10-11)13-8-4-2-3-7-12(13)15/h11-13H,2-10,15H2,1H3,(H,16,18). The third kappa shape index (κ3) is 3.23. The summed E-state index contributed by atoms with van der Waals surface area (Å²) in [5, 5.41) is 2.78. The second kappa shape index (κ2) is 6.53. The number of amides is 1. The van der Waals surface area contributed by atoms with Crippen LogP contribution in [-0.2, 0) is 4.79 Å². The van der Waals surface area contributed by atoms with E-state index in [1.807, 2.05) is 0 Å². The molecule has 4 nitrogen and oxygen atoms in total. The molecule has 0 aromatic rings. The van der Waals surface area contributed by atoms with E-state index in [2.05, 4.69) is 10.2 Å².